The van der Waals surface area contributed by atoms with E-state index in [4.69, 9.17) is 4.74 Å². The quantitative estimate of drug-likeness (QED) is 0.807. The molecule has 0 aliphatic carbocycles. The molecule has 1 aliphatic heterocycles. The molecule has 1 aromatic carbocycles. The molecule has 0 amide bonds. The zero-order valence-electron chi connectivity index (χ0n) is 9.98. The highest BCUT2D eigenvalue weighted by Gasteiger charge is 2.20. The second kappa shape index (κ2) is 6.12. The van der Waals surface area contributed by atoms with E-state index in [0.717, 1.165) is 25.3 Å². The van der Waals surface area contributed by atoms with Crippen LogP contribution in [0.25, 0.3) is 0 Å². The summed E-state index contributed by atoms with van der Waals surface area (Å²) < 4.78 is 5.65. The molecule has 1 unspecified atom stereocenters. The van der Waals surface area contributed by atoms with Crippen LogP contribution in [0.15, 0.2) is 24.3 Å². The lowest BCUT2D eigenvalue weighted by atomic mass is 9.90. The van der Waals surface area contributed by atoms with E-state index in [1.54, 1.807) is 0 Å². The topological polar surface area (TPSA) is 12.5 Å². The Kier molecular flexibility index (Phi) is 5.10. The third-order valence-electron chi connectivity index (χ3n) is 3.01. The number of nitrogens with zero attached hydrogens (tertiary/aromatic N) is 1. The van der Waals surface area contributed by atoms with Crippen molar-refractivity contribution in [2.75, 3.05) is 27.2 Å². The minimum atomic E-state index is 0. The summed E-state index contributed by atoms with van der Waals surface area (Å²) in [5.41, 5.74) is 1.39. The van der Waals surface area contributed by atoms with E-state index >= 15 is 0 Å². The van der Waals surface area contributed by atoms with Crippen molar-refractivity contribution in [3.05, 3.63) is 29.8 Å². The van der Waals surface area contributed by atoms with Gasteiger partial charge >= 0.3 is 0 Å². The largest absolute Gasteiger partial charge is 0.493 e. The first-order valence-corrected chi connectivity index (χ1v) is 5.64. The van der Waals surface area contributed by atoms with E-state index in [1.807, 2.05) is 6.07 Å². The van der Waals surface area contributed by atoms with E-state index in [2.05, 4.69) is 37.2 Å². The third kappa shape index (κ3) is 3.13. The van der Waals surface area contributed by atoms with Gasteiger partial charge in [0.15, 0.2) is 0 Å². The van der Waals surface area contributed by atoms with Crippen molar-refractivity contribution < 1.29 is 4.74 Å². The molecular formula is C13H20ClNO. The maximum absolute atomic E-state index is 5.65. The number of para-hydroxylation sites is 1. The van der Waals surface area contributed by atoms with Crippen LogP contribution in [0, 0.1) is 0 Å². The summed E-state index contributed by atoms with van der Waals surface area (Å²) in [6.45, 7) is 2.02. The number of hydrogen-bond donors (Lipinski definition) is 0. The van der Waals surface area contributed by atoms with Crippen molar-refractivity contribution in [2.45, 2.75) is 18.8 Å². The molecule has 0 saturated carbocycles. The number of hydrogen-bond acceptors (Lipinski definition) is 2. The molecule has 2 rings (SSSR count). The molecule has 1 atom stereocenters. The van der Waals surface area contributed by atoms with Gasteiger partial charge in [0.1, 0.15) is 5.75 Å². The normalized spacial score (nSPS) is 18.6. The Morgan fingerprint density at radius 1 is 1.31 bits per heavy atom. The van der Waals surface area contributed by atoms with Gasteiger partial charge in [-0.05, 0) is 51.0 Å². The molecule has 1 aliphatic rings. The summed E-state index contributed by atoms with van der Waals surface area (Å²) in [5, 5.41) is 0. The predicted molar refractivity (Wildman–Crippen MR) is 69.7 cm³/mol. The van der Waals surface area contributed by atoms with Crippen molar-refractivity contribution in [1.29, 1.82) is 0 Å². The Balaban J connectivity index is 0.00000128. The molecule has 90 valence electrons. The van der Waals surface area contributed by atoms with E-state index in [0.29, 0.717) is 5.92 Å². The maximum Gasteiger partial charge on any atom is 0.122 e. The Hall–Kier alpha value is -0.730. The van der Waals surface area contributed by atoms with Gasteiger partial charge < -0.3 is 9.64 Å². The number of rotatable bonds is 3. The summed E-state index contributed by atoms with van der Waals surface area (Å²) in [6, 6.07) is 8.44. The minimum Gasteiger partial charge on any atom is -0.493 e. The zero-order chi connectivity index (χ0) is 10.7. The smallest absolute Gasteiger partial charge is 0.122 e. The average Bonchev–Trinajstić information content (AvgIpc) is 2.26. The van der Waals surface area contributed by atoms with Crippen molar-refractivity contribution in [3.8, 4) is 5.75 Å². The van der Waals surface area contributed by atoms with Crippen LogP contribution in [0.2, 0.25) is 0 Å². The van der Waals surface area contributed by atoms with Crippen molar-refractivity contribution in [2.24, 2.45) is 0 Å². The third-order valence-corrected chi connectivity index (χ3v) is 3.01. The Labute approximate surface area is 104 Å². The molecular weight excluding hydrogens is 222 g/mol. The van der Waals surface area contributed by atoms with Crippen LogP contribution >= 0.6 is 12.4 Å². The fourth-order valence-electron chi connectivity index (χ4n) is 2.13. The minimum absolute atomic E-state index is 0. The first kappa shape index (κ1) is 13.3. The molecule has 2 nitrogen and oxygen atoms in total. The number of benzene rings is 1. The SMILES string of the molecule is CN(C)CCC1CCOc2ccccc21.Cl. The summed E-state index contributed by atoms with van der Waals surface area (Å²) in [4.78, 5) is 2.25. The van der Waals surface area contributed by atoms with Gasteiger partial charge in [-0.1, -0.05) is 18.2 Å². The summed E-state index contributed by atoms with van der Waals surface area (Å²) in [6.07, 6.45) is 2.39. The van der Waals surface area contributed by atoms with Gasteiger partial charge in [0.2, 0.25) is 0 Å². The highest BCUT2D eigenvalue weighted by molar-refractivity contribution is 5.85. The molecule has 0 radical (unpaired) electrons. The van der Waals surface area contributed by atoms with Crippen LogP contribution in [0.3, 0.4) is 0 Å². The fraction of sp³-hybridized carbons (Fsp3) is 0.538. The lowest BCUT2D eigenvalue weighted by Gasteiger charge is -2.26. The molecule has 0 spiro atoms. The van der Waals surface area contributed by atoms with Gasteiger partial charge in [-0.3, -0.25) is 0 Å². The van der Waals surface area contributed by atoms with Crippen LogP contribution in [0.1, 0.15) is 24.3 Å². The molecule has 3 heteroatoms. The van der Waals surface area contributed by atoms with Crippen LogP contribution in [0.4, 0.5) is 0 Å². The molecule has 0 N–H and O–H groups in total. The van der Waals surface area contributed by atoms with Gasteiger partial charge in [-0.2, -0.15) is 0 Å². The van der Waals surface area contributed by atoms with E-state index in [9.17, 15) is 0 Å². The van der Waals surface area contributed by atoms with Crippen LogP contribution in [-0.2, 0) is 0 Å². The summed E-state index contributed by atoms with van der Waals surface area (Å²) in [7, 11) is 4.26. The Morgan fingerprint density at radius 3 is 2.81 bits per heavy atom. The van der Waals surface area contributed by atoms with E-state index in [1.165, 1.54) is 12.0 Å². The van der Waals surface area contributed by atoms with Crippen LogP contribution in [0.5, 0.6) is 5.75 Å². The second-order valence-electron chi connectivity index (χ2n) is 4.46. The van der Waals surface area contributed by atoms with Crippen LogP contribution in [-0.4, -0.2) is 32.1 Å². The maximum atomic E-state index is 5.65. The van der Waals surface area contributed by atoms with Gasteiger partial charge in [0.05, 0.1) is 6.61 Å². The number of ether oxygens (including phenoxy) is 1. The number of fused-ring (bicyclic) bond motifs is 1. The second-order valence-corrected chi connectivity index (χ2v) is 4.46. The molecule has 0 fully saturated rings. The van der Waals surface area contributed by atoms with E-state index in [-0.39, 0.29) is 12.4 Å². The van der Waals surface area contributed by atoms with Crippen LogP contribution < -0.4 is 4.74 Å². The Bertz CT molecular complexity index is 327. The molecule has 1 aromatic rings. The molecule has 0 bridgehead atoms. The molecule has 0 saturated heterocycles. The van der Waals surface area contributed by atoms with Gasteiger partial charge in [0.25, 0.3) is 0 Å². The monoisotopic (exact) mass is 241 g/mol. The lowest BCUT2D eigenvalue weighted by molar-refractivity contribution is 0.254. The highest BCUT2D eigenvalue weighted by Crippen LogP contribution is 2.35. The van der Waals surface area contributed by atoms with Gasteiger partial charge in [-0.25, -0.2) is 0 Å². The van der Waals surface area contributed by atoms with Gasteiger partial charge in [0, 0.05) is 0 Å². The first-order valence-electron chi connectivity index (χ1n) is 5.64. The van der Waals surface area contributed by atoms with Crippen molar-refractivity contribution in [3.63, 3.8) is 0 Å². The summed E-state index contributed by atoms with van der Waals surface area (Å²) in [5.74, 6) is 1.77. The number of halogens is 1. The summed E-state index contributed by atoms with van der Waals surface area (Å²) >= 11 is 0. The predicted octanol–water partition coefficient (Wildman–Crippen LogP) is 2.93. The standard InChI is InChI=1S/C13H19NO.ClH/c1-14(2)9-7-11-8-10-15-13-6-4-3-5-12(11)13;/h3-6,11H,7-10H2,1-2H3;1H. The average molecular weight is 242 g/mol. The molecule has 16 heavy (non-hydrogen) atoms. The van der Waals surface area contributed by atoms with E-state index < -0.39 is 0 Å². The lowest BCUT2D eigenvalue weighted by Crippen LogP contribution is -2.20. The Morgan fingerprint density at radius 2 is 2.06 bits per heavy atom. The molecule has 0 aromatic heterocycles. The molecule has 1 heterocycles. The van der Waals surface area contributed by atoms with Crippen molar-refractivity contribution in [1.82, 2.24) is 4.90 Å². The van der Waals surface area contributed by atoms with Gasteiger partial charge in [-0.15, -0.1) is 12.4 Å². The fourth-order valence-corrected chi connectivity index (χ4v) is 2.13. The highest BCUT2D eigenvalue weighted by atomic mass is 35.5. The first-order chi connectivity index (χ1) is 7.27. The van der Waals surface area contributed by atoms with Crippen molar-refractivity contribution >= 4 is 12.4 Å². The zero-order valence-corrected chi connectivity index (χ0v) is 10.8.